The molecule has 4 aromatic rings. The van der Waals surface area contributed by atoms with Gasteiger partial charge in [-0.25, -0.2) is 9.78 Å². The van der Waals surface area contributed by atoms with E-state index in [0.717, 1.165) is 26.0 Å². The number of rotatable bonds is 3. The van der Waals surface area contributed by atoms with Gasteiger partial charge in [0.2, 0.25) is 0 Å². The third kappa shape index (κ3) is 2.66. The zero-order valence-electron chi connectivity index (χ0n) is 12.1. The van der Waals surface area contributed by atoms with Gasteiger partial charge < -0.3 is 4.74 Å². The van der Waals surface area contributed by atoms with Gasteiger partial charge in [-0.15, -0.1) is 11.3 Å². The minimum absolute atomic E-state index is 0.168. The number of para-hydroxylation sites is 1. The Kier molecular flexibility index (Phi) is 3.48. The van der Waals surface area contributed by atoms with Gasteiger partial charge in [0.25, 0.3) is 0 Å². The molecule has 0 fully saturated rings. The SMILES string of the molecule is O=C(OCc1nc2ccccc2s1)c1cncc2ccccc12. The van der Waals surface area contributed by atoms with E-state index in [2.05, 4.69) is 9.97 Å². The van der Waals surface area contributed by atoms with Gasteiger partial charge in [0, 0.05) is 17.8 Å². The molecule has 0 spiro atoms. The van der Waals surface area contributed by atoms with Crippen LogP contribution in [-0.4, -0.2) is 15.9 Å². The maximum absolute atomic E-state index is 12.4. The van der Waals surface area contributed by atoms with Gasteiger partial charge >= 0.3 is 5.97 Å². The van der Waals surface area contributed by atoms with Gasteiger partial charge in [0.1, 0.15) is 11.6 Å². The number of fused-ring (bicyclic) bond motifs is 2. The predicted molar refractivity (Wildman–Crippen MR) is 90.5 cm³/mol. The molecule has 0 bridgehead atoms. The molecule has 112 valence electrons. The zero-order chi connectivity index (χ0) is 15.6. The predicted octanol–water partition coefficient (Wildman–Crippen LogP) is 4.20. The fraction of sp³-hybridized carbons (Fsp3) is 0.0556. The molecule has 4 rings (SSSR count). The van der Waals surface area contributed by atoms with Gasteiger partial charge in [-0.05, 0) is 17.5 Å². The average Bonchev–Trinajstić information content (AvgIpc) is 3.02. The minimum Gasteiger partial charge on any atom is -0.455 e. The fourth-order valence-corrected chi connectivity index (χ4v) is 3.35. The summed E-state index contributed by atoms with van der Waals surface area (Å²) >= 11 is 1.53. The van der Waals surface area contributed by atoms with E-state index in [9.17, 15) is 4.79 Å². The second kappa shape index (κ2) is 5.78. The van der Waals surface area contributed by atoms with Crippen molar-refractivity contribution < 1.29 is 9.53 Å². The molecule has 0 radical (unpaired) electrons. The van der Waals surface area contributed by atoms with Crippen molar-refractivity contribution in [1.82, 2.24) is 9.97 Å². The molecule has 0 saturated heterocycles. The molecule has 0 saturated carbocycles. The first-order valence-electron chi connectivity index (χ1n) is 7.15. The van der Waals surface area contributed by atoms with Crippen LogP contribution in [-0.2, 0) is 11.3 Å². The van der Waals surface area contributed by atoms with Crippen LogP contribution in [0.15, 0.2) is 60.9 Å². The highest BCUT2D eigenvalue weighted by molar-refractivity contribution is 7.18. The number of carbonyl (C=O) groups excluding carboxylic acids is 1. The molecule has 0 aliphatic rings. The molecule has 5 heteroatoms. The minimum atomic E-state index is -0.381. The Morgan fingerprint density at radius 2 is 1.87 bits per heavy atom. The standard InChI is InChI=1S/C18H12N2O2S/c21-18(14-10-19-9-12-5-1-2-6-13(12)14)22-11-17-20-15-7-3-4-8-16(15)23-17/h1-10H,11H2. The molecule has 2 aromatic heterocycles. The van der Waals surface area contributed by atoms with Crippen molar-refractivity contribution in [2.24, 2.45) is 0 Å². The lowest BCUT2D eigenvalue weighted by atomic mass is 10.1. The second-order valence-corrected chi connectivity index (χ2v) is 6.17. The summed E-state index contributed by atoms with van der Waals surface area (Å²) in [5.41, 5.74) is 1.40. The quantitative estimate of drug-likeness (QED) is 0.531. The van der Waals surface area contributed by atoms with Gasteiger partial charge in [0.15, 0.2) is 0 Å². The van der Waals surface area contributed by atoms with E-state index in [1.54, 1.807) is 12.4 Å². The number of ether oxygens (including phenoxy) is 1. The Labute approximate surface area is 136 Å². The average molecular weight is 320 g/mol. The summed E-state index contributed by atoms with van der Waals surface area (Å²) < 4.78 is 6.51. The number of carbonyl (C=O) groups is 1. The van der Waals surface area contributed by atoms with Gasteiger partial charge in [-0.2, -0.15) is 0 Å². The van der Waals surface area contributed by atoms with Crippen LogP contribution in [0.3, 0.4) is 0 Å². The van der Waals surface area contributed by atoms with E-state index in [4.69, 9.17) is 4.74 Å². The maximum atomic E-state index is 12.4. The molecule has 0 amide bonds. The van der Waals surface area contributed by atoms with Crippen LogP contribution in [0.25, 0.3) is 21.0 Å². The number of hydrogen-bond acceptors (Lipinski definition) is 5. The highest BCUT2D eigenvalue weighted by atomic mass is 32.1. The number of thiazole rings is 1. The Balaban J connectivity index is 1.57. The van der Waals surface area contributed by atoms with E-state index in [1.165, 1.54) is 11.3 Å². The highest BCUT2D eigenvalue weighted by Crippen LogP contribution is 2.23. The van der Waals surface area contributed by atoms with Crippen LogP contribution in [0.1, 0.15) is 15.4 Å². The van der Waals surface area contributed by atoms with Crippen molar-refractivity contribution in [2.75, 3.05) is 0 Å². The van der Waals surface area contributed by atoms with Crippen LogP contribution >= 0.6 is 11.3 Å². The molecule has 0 atom stereocenters. The van der Waals surface area contributed by atoms with Crippen LogP contribution in [0.5, 0.6) is 0 Å². The summed E-state index contributed by atoms with van der Waals surface area (Å²) in [6.07, 6.45) is 3.28. The van der Waals surface area contributed by atoms with E-state index in [1.807, 2.05) is 48.5 Å². The normalized spacial score (nSPS) is 11.0. The summed E-state index contributed by atoms with van der Waals surface area (Å²) in [6.45, 7) is 0.168. The molecule has 0 unspecified atom stereocenters. The maximum Gasteiger partial charge on any atom is 0.340 e. The van der Waals surface area contributed by atoms with E-state index >= 15 is 0 Å². The first kappa shape index (κ1) is 13.8. The molecule has 2 aromatic carbocycles. The van der Waals surface area contributed by atoms with Crippen molar-refractivity contribution in [1.29, 1.82) is 0 Å². The fourth-order valence-electron chi connectivity index (χ4n) is 2.47. The third-order valence-corrected chi connectivity index (χ3v) is 4.56. The monoisotopic (exact) mass is 320 g/mol. The summed E-state index contributed by atoms with van der Waals surface area (Å²) in [6, 6.07) is 15.5. The largest absolute Gasteiger partial charge is 0.455 e. The van der Waals surface area contributed by atoms with Crippen molar-refractivity contribution in [2.45, 2.75) is 6.61 Å². The Morgan fingerprint density at radius 1 is 1.04 bits per heavy atom. The lowest BCUT2D eigenvalue weighted by Crippen LogP contribution is -2.06. The van der Waals surface area contributed by atoms with E-state index in [0.29, 0.717) is 5.56 Å². The first-order chi connectivity index (χ1) is 11.3. The third-order valence-electron chi connectivity index (χ3n) is 3.55. The Morgan fingerprint density at radius 3 is 2.78 bits per heavy atom. The number of esters is 1. The van der Waals surface area contributed by atoms with Crippen molar-refractivity contribution >= 4 is 38.3 Å². The summed E-state index contributed by atoms with van der Waals surface area (Å²) in [7, 11) is 0. The second-order valence-electron chi connectivity index (χ2n) is 5.06. The van der Waals surface area contributed by atoms with Crippen molar-refractivity contribution in [3.8, 4) is 0 Å². The van der Waals surface area contributed by atoms with Crippen LogP contribution < -0.4 is 0 Å². The molecule has 2 heterocycles. The first-order valence-corrected chi connectivity index (χ1v) is 7.97. The van der Waals surface area contributed by atoms with E-state index < -0.39 is 0 Å². The molecular formula is C18H12N2O2S. The van der Waals surface area contributed by atoms with Gasteiger partial charge in [-0.1, -0.05) is 36.4 Å². The molecule has 0 N–H and O–H groups in total. The summed E-state index contributed by atoms with van der Waals surface area (Å²) in [5, 5.41) is 2.55. The van der Waals surface area contributed by atoms with Crippen LogP contribution in [0.2, 0.25) is 0 Å². The summed E-state index contributed by atoms with van der Waals surface area (Å²) in [5.74, 6) is -0.381. The lowest BCUT2D eigenvalue weighted by molar-refractivity contribution is 0.0474. The van der Waals surface area contributed by atoms with Gasteiger partial charge in [-0.3, -0.25) is 4.98 Å². The molecule has 4 nitrogen and oxygen atoms in total. The smallest absolute Gasteiger partial charge is 0.340 e. The Hall–Kier alpha value is -2.79. The highest BCUT2D eigenvalue weighted by Gasteiger charge is 2.13. The zero-order valence-corrected chi connectivity index (χ0v) is 12.9. The molecular weight excluding hydrogens is 308 g/mol. The van der Waals surface area contributed by atoms with Crippen molar-refractivity contribution in [3.05, 3.63) is 71.5 Å². The number of pyridine rings is 1. The Bertz CT molecular complexity index is 972. The molecule has 0 aliphatic carbocycles. The lowest BCUT2D eigenvalue weighted by Gasteiger charge is -2.05. The molecule has 23 heavy (non-hydrogen) atoms. The number of nitrogens with zero attached hydrogens (tertiary/aromatic N) is 2. The van der Waals surface area contributed by atoms with Crippen molar-refractivity contribution in [3.63, 3.8) is 0 Å². The van der Waals surface area contributed by atoms with Gasteiger partial charge in [0.05, 0.1) is 15.8 Å². The summed E-state index contributed by atoms with van der Waals surface area (Å²) in [4.78, 5) is 20.9. The number of benzene rings is 2. The number of hydrogen-bond donors (Lipinski definition) is 0. The van der Waals surface area contributed by atoms with Crippen LogP contribution in [0, 0.1) is 0 Å². The number of aromatic nitrogens is 2. The van der Waals surface area contributed by atoms with Crippen LogP contribution in [0.4, 0.5) is 0 Å². The molecule has 0 aliphatic heterocycles. The topological polar surface area (TPSA) is 52.1 Å². The van der Waals surface area contributed by atoms with E-state index in [-0.39, 0.29) is 12.6 Å².